The van der Waals surface area contributed by atoms with Crippen molar-refractivity contribution >= 4 is 17.5 Å². The minimum absolute atomic E-state index is 0.0789. The van der Waals surface area contributed by atoms with Crippen LogP contribution in [0, 0.1) is 13.8 Å². The van der Waals surface area contributed by atoms with Gasteiger partial charge in [0.1, 0.15) is 5.75 Å². The van der Waals surface area contributed by atoms with Gasteiger partial charge in [-0.25, -0.2) is 0 Å². The Bertz CT molecular complexity index is 1020. The van der Waals surface area contributed by atoms with Crippen LogP contribution in [0.4, 0.5) is 0 Å². The molecule has 0 unspecified atom stereocenters. The lowest BCUT2D eigenvalue weighted by molar-refractivity contribution is 0.102. The summed E-state index contributed by atoms with van der Waals surface area (Å²) in [6.45, 7) is 8.45. The van der Waals surface area contributed by atoms with Crippen molar-refractivity contribution in [2.45, 2.75) is 25.5 Å². The van der Waals surface area contributed by atoms with Crippen molar-refractivity contribution < 1.29 is 9.53 Å². The van der Waals surface area contributed by atoms with Crippen LogP contribution in [0.5, 0.6) is 5.75 Å². The Morgan fingerprint density at radius 3 is 2.75 bits per heavy atom. The second-order valence-corrected chi connectivity index (χ2v) is 7.40. The molecule has 0 fully saturated rings. The monoisotopic (exact) mass is 396 g/mol. The van der Waals surface area contributed by atoms with Crippen molar-refractivity contribution in [1.29, 1.82) is 0 Å². The molecule has 0 saturated heterocycles. The van der Waals surface area contributed by atoms with Gasteiger partial charge in [0.2, 0.25) is 0 Å². The lowest BCUT2D eigenvalue weighted by atomic mass is 10.2. The van der Waals surface area contributed by atoms with E-state index in [1.165, 1.54) is 11.8 Å². The zero-order valence-corrected chi connectivity index (χ0v) is 17.4. The third kappa shape index (κ3) is 3.75. The van der Waals surface area contributed by atoms with Crippen molar-refractivity contribution in [2.75, 3.05) is 12.9 Å². The molecule has 0 aliphatic rings. The average Bonchev–Trinajstić information content (AvgIpc) is 3.20. The van der Waals surface area contributed by atoms with Gasteiger partial charge in [-0.3, -0.25) is 4.79 Å². The number of ketones is 1. The number of aryl methyl sites for hydroxylation is 1. The van der Waals surface area contributed by atoms with Crippen LogP contribution < -0.4 is 4.74 Å². The minimum Gasteiger partial charge on any atom is -0.496 e. The number of Topliss-reactive ketones (excluding diaryl/α,β-unsaturated/α-hetero) is 1. The largest absolute Gasteiger partial charge is 0.496 e. The van der Waals surface area contributed by atoms with Crippen LogP contribution in [-0.4, -0.2) is 38.0 Å². The minimum atomic E-state index is 0.0789. The number of ether oxygens (including phenoxy) is 1. The lowest BCUT2D eigenvalue weighted by Crippen LogP contribution is -2.07. The maximum atomic E-state index is 12.8. The van der Waals surface area contributed by atoms with Crippen LogP contribution in [0.3, 0.4) is 0 Å². The maximum Gasteiger partial charge on any atom is 0.191 e. The predicted molar refractivity (Wildman–Crippen MR) is 112 cm³/mol. The summed E-state index contributed by atoms with van der Waals surface area (Å²) >= 11 is 1.39. The van der Waals surface area contributed by atoms with Gasteiger partial charge < -0.3 is 13.9 Å². The smallest absolute Gasteiger partial charge is 0.191 e. The van der Waals surface area contributed by atoms with E-state index in [0.717, 1.165) is 28.3 Å². The Kier molecular flexibility index (Phi) is 6.04. The fourth-order valence-corrected chi connectivity index (χ4v) is 4.00. The van der Waals surface area contributed by atoms with Gasteiger partial charge >= 0.3 is 0 Å². The van der Waals surface area contributed by atoms with Gasteiger partial charge in [0.25, 0.3) is 0 Å². The maximum absolute atomic E-state index is 12.8. The van der Waals surface area contributed by atoms with Crippen molar-refractivity contribution in [1.82, 2.24) is 19.3 Å². The van der Waals surface area contributed by atoms with Crippen molar-refractivity contribution in [2.24, 2.45) is 7.05 Å². The molecule has 2 aromatic heterocycles. The highest BCUT2D eigenvalue weighted by Gasteiger charge is 2.19. The van der Waals surface area contributed by atoms with Crippen LogP contribution in [0.2, 0.25) is 0 Å². The number of benzene rings is 1. The summed E-state index contributed by atoms with van der Waals surface area (Å²) in [4.78, 5) is 12.8. The predicted octanol–water partition coefficient (Wildman–Crippen LogP) is 4.07. The highest BCUT2D eigenvalue weighted by molar-refractivity contribution is 7.99. The molecule has 0 amide bonds. The number of allylic oxidation sites excluding steroid dienone is 1. The molecule has 1 aromatic carbocycles. The van der Waals surface area contributed by atoms with Gasteiger partial charge in [-0.15, -0.1) is 16.8 Å². The number of para-hydroxylation sites is 1. The number of aromatic nitrogens is 4. The first-order valence-electron chi connectivity index (χ1n) is 8.94. The number of rotatable bonds is 8. The molecule has 7 heteroatoms. The first kappa shape index (κ1) is 19.9. The van der Waals surface area contributed by atoms with Crippen LogP contribution in [-0.2, 0) is 13.6 Å². The molecule has 28 heavy (non-hydrogen) atoms. The number of nitrogens with zero attached hydrogens (tertiary/aromatic N) is 4. The second-order valence-electron chi connectivity index (χ2n) is 6.46. The number of carbonyl (C=O) groups excluding carboxylic acids is 1. The summed E-state index contributed by atoms with van der Waals surface area (Å²) in [6.07, 6.45) is 1.84. The van der Waals surface area contributed by atoms with E-state index < -0.39 is 0 Å². The molecule has 0 bridgehead atoms. The molecule has 0 N–H and O–H groups in total. The fraction of sp³-hybridized carbons (Fsp3) is 0.286. The van der Waals surface area contributed by atoms with Crippen molar-refractivity contribution in [3.63, 3.8) is 0 Å². The number of methoxy groups -OCH3 is 1. The van der Waals surface area contributed by atoms with Crippen molar-refractivity contribution in [3.05, 3.63) is 59.9 Å². The average molecular weight is 397 g/mol. The zero-order valence-electron chi connectivity index (χ0n) is 16.6. The Hall–Kier alpha value is -2.80. The summed E-state index contributed by atoms with van der Waals surface area (Å²) in [5.74, 6) is 1.82. The second kappa shape index (κ2) is 8.48. The Labute approximate surface area is 169 Å². The van der Waals surface area contributed by atoms with Crippen LogP contribution in [0.15, 0.2) is 48.1 Å². The quantitative estimate of drug-likeness (QED) is 0.326. The summed E-state index contributed by atoms with van der Waals surface area (Å²) in [7, 11) is 3.52. The number of hydrogen-bond donors (Lipinski definition) is 0. The fourth-order valence-electron chi connectivity index (χ4n) is 3.21. The summed E-state index contributed by atoms with van der Waals surface area (Å²) in [6, 6.07) is 9.62. The third-order valence-electron chi connectivity index (χ3n) is 4.70. The normalized spacial score (nSPS) is 10.9. The van der Waals surface area contributed by atoms with Gasteiger partial charge in [-0.1, -0.05) is 30.0 Å². The highest BCUT2D eigenvalue weighted by atomic mass is 32.2. The van der Waals surface area contributed by atoms with E-state index >= 15 is 0 Å². The summed E-state index contributed by atoms with van der Waals surface area (Å²) in [5, 5.41) is 9.24. The molecule has 0 atom stereocenters. The Balaban J connectivity index is 1.77. The number of carbonyl (C=O) groups is 1. The van der Waals surface area contributed by atoms with E-state index in [2.05, 4.69) is 21.3 Å². The molecule has 0 radical (unpaired) electrons. The number of hydrogen-bond acceptors (Lipinski definition) is 5. The Morgan fingerprint density at radius 1 is 1.29 bits per heavy atom. The van der Waals surface area contributed by atoms with E-state index in [9.17, 15) is 4.79 Å². The van der Waals surface area contributed by atoms with E-state index in [1.54, 1.807) is 7.11 Å². The molecule has 3 aromatic rings. The summed E-state index contributed by atoms with van der Waals surface area (Å²) < 4.78 is 9.39. The van der Waals surface area contributed by atoms with Gasteiger partial charge in [-0.05, 0) is 32.0 Å². The van der Waals surface area contributed by atoms with Crippen molar-refractivity contribution in [3.8, 4) is 17.1 Å². The lowest BCUT2D eigenvalue weighted by Gasteiger charge is -2.08. The SMILES string of the molecule is C=CCn1c(C)cc(C(=O)CSc2nnc(-c3ccccc3OC)n2C)c1C. The van der Waals surface area contributed by atoms with Crippen LogP contribution >= 0.6 is 11.8 Å². The number of thioether (sulfide) groups is 1. The molecular formula is C21H24N4O2S. The first-order valence-corrected chi connectivity index (χ1v) is 9.92. The molecule has 0 spiro atoms. The van der Waals surface area contributed by atoms with Gasteiger partial charge in [0.05, 0.1) is 18.4 Å². The topological polar surface area (TPSA) is 61.9 Å². The van der Waals surface area contributed by atoms with E-state index in [4.69, 9.17) is 4.74 Å². The van der Waals surface area contributed by atoms with E-state index in [0.29, 0.717) is 23.3 Å². The van der Waals surface area contributed by atoms with Gasteiger partial charge in [-0.2, -0.15) is 0 Å². The van der Waals surface area contributed by atoms with E-state index in [1.807, 2.05) is 61.9 Å². The molecule has 3 rings (SSSR count). The standard InChI is InChI=1S/C21H24N4O2S/c1-6-11-25-14(2)12-17(15(25)3)18(26)13-28-21-23-22-20(24(21)4)16-9-7-8-10-19(16)27-5/h6-10,12H,1,11,13H2,2-5H3. The van der Waals surface area contributed by atoms with E-state index in [-0.39, 0.29) is 5.78 Å². The molecule has 146 valence electrons. The third-order valence-corrected chi connectivity index (χ3v) is 5.72. The molecule has 0 aliphatic carbocycles. The molecule has 2 heterocycles. The van der Waals surface area contributed by atoms with Crippen LogP contribution in [0.1, 0.15) is 21.7 Å². The molecule has 6 nitrogen and oxygen atoms in total. The first-order chi connectivity index (χ1) is 13.5. The molecule has 0 aliphatic heterocycles. The summed E-state index contributed by atoms with van der Waals surface area (Å²) in [5.41, 5.74) is 3.64. The molecular weight excluding hydrogens is 372 g/mol. The van der Waals surface area contributed by atoms with Crippen LogP contribution in [0.25, 0.3) is 11.4 Å². The van der Waals surface area contributed by atoms with Gasteiger partial charge in [0.15, 0.2) is 16.8 Å². The Morgan fingerprint density at radius 2 is 2.04 bits per heavy atom. The van der Waals surface area contributed by atoms with Gasteiger partial charge in [0, 0.05) is 30.5 Å². The zero-order chi connectivity index (χ0) is 20.3. The molecule has 0 saturated carbocycles. The highest BCUT2D eigenvalue weighted by Crippen LogP contribution is 2.30.